The van der Waals surface area contributed by atoms with Crippen molar-refractivity contribution in [3.05, 3.63) is 52.8 Å². The smallest absolute Gasteiger partial charge is 0.280 e. The Hall–Kier alpha value is -2.68. The fourth-order valence-electron chi connectivity index (χ4n) is 3.53. The maximum Gasteiger partial charge on any atom is 0.280 e. The van der Waals surface area contributed by atoms with E-state index in [1.54, 1.807) is 17.0 Å². The summed E-state index contributed by atoms with van der Waals surface area (Å²) in [5.74, 6) is -0.105. The van der Waals surface area contributed by atoms with E-state index in [0.29, 0.717) is 29.5 Å². The van der Waals surface area contributed by atoms with Crippen molar-refractivity contribution in [1.82, 2.24) is 29.5 Å². The molecule has 0 unspecified atom stereocenters. The van der Waals surface area contributed by atoms with E-state index in [1.165, 1.54) is 23.1 Å². The zero-order valence-corrected chi connectivity index (χ0v) is 15.7. The minimum Gasteiger partial charge on any atom is -0.337 e. The first-order valence-electron chi connectivity index (χ1n) is 8.83. The number of fused-ring (bicyclic) bond motifs is 1. The molecule has 2 atom stereocenters. The van der Waals surface area contributed by atoms with Crippen LogP contribution in [0.25, 0.3) is 5.78 Å². The molecule has 0 radical (unpaired) electrons. The molecular formula is C18H17ClF2N6O. The van der Waals surface area contributed by atoms with Crippen LogP contribution in [0.4, 0.5) is 8.78 Å². The van der Waals surface area contributed by atoms with Gasteiger partial charge in [0.25, 0.3) is 18.1 Å². The first-order valence-corrected chi connectivity index (χ1v) is 9.21. The van der Waals surface area contributed by atoms with Gasteiger partial charge in [0, 0.05) is 25.2 Å². The number of nitrogens with zero attached hydrogens (tertiary/aromatic N) is 6. The predicted octanol–water partition coefficient (Wildman–Crippen LogP) is 3.38. The number of likely N-dealkylation sites (tertiary alicyclic amines) is 1. The number of hydrogen-bond donors (Lipinski definition) is 0. The molecule has 1 fully saturated rings. The summed E-state index contributed by atoms with van der Waals surface area (Å²) in [6, 6.07) is 4.55. The van der Waals surface area contributed by atoms with Crippen molar-refractivity contribution >= 4 is 23.3 Å². The molecule has 1 saturated heterocycles. The molecule has 1 amide bonds. The van der Waals surface area contributed by atoms with Gasteiger partial charge >= 0.3 is 0 Å². The monoisotopic (exact) mass is 406 g/mol. The molecule has 0 bridgehead atoms. The number of aromatic nitrogens is 5. The van der Waals surface area contributed by atoms with Gasteiger partial charge in [-0.2, -0.15) is 10.1 Å². The maximum atomic E-state index is 13.3. The summed E-state index contributed by atoms with van der Waals surface area (Å²) in [6.07, 6.45) is 0.729. The first-order chi connectivity index (χ1) is 13.4. The van der Waals surface area contributed by atoms with E-state index in [-0.39, 0.29) is 29.2 Å². The molecule has 10 heteroatoms. The van der Waals surface area contributed by atoms with E-state index in [0.717, 1.165) is 6.42 Å². The van der Waals surface area contributed by atoms with Crippen LogP contribution < -0.4 is 0 Å². The summed E-state index contributed by atoms with van der Waals surface area (Å²) in [4.78, 5) is 26.4. The zero-order valence-electron chi connectivity index (χ0n) is 15.0. The second-order valence-corrected chi connectivity index (χ2v) is 7.30. The molecule has 0 N–H and O–H groups in total. The minimum absolute atomic E-state index is 0.128. The van der Waals surface area contributed by atoms with Crippen LogP contribution >= 0.6 is 11.6 Å². The largest absolute Gasteiger partial charge is 0.337 e. The van der Waals surface area contributed by atoms with Gasteiger partial charge < -0.3 is 4.90 Å². The lowest BCUT2D eigenvalue weighted by Gasteiger charge is -2.37. The van der Waals surface area contributed by atoms with Crippen LogP contribution in [-0.2, 0) is 0 Å². The lowest BCUT2D eigenvalue weighted by molar-refractivity contribution is 0.0659. The Morgan fingerprint density at radius 3 is 2.86 bits per heavy atom. The topological polar surface area (TPSA) is 76.3 Å². The number of rotatable bonds is 3. The first kappa shape index (κ1) is 18.7. The lowest BCUT2D eigenvalue weighted by Crippen LogP contribution is -2.43. The molecule has 1 aliphatic heterocycles. The van der Waals surface area contributed by atoms with Gasteiger partial charge in [0.1, 0.15) is 17.7 Å². The van der Waals surface area contributed by atoms with Crippen molar-refractivity contribution in [2.45, 2.75) is 25.7 Å². The highest BCUT2D eigenvalue weighted by molar-refractivity contribution is 6.30. The van der Waals surface area contributed by atoms with E-state index in [4.69, 9.17) is 11.6 Å². The Bertz CT molecular complexity index is 1010. The fourth-order valence-corrected chi connectivity index (χ4v) is 3.65. The second kappa shape index (κ2) is 7.38. The quantitative estimate of drug-likeness (QED) is 0.666. The SMILES string of the molecule is C[C@@H]1CCN(C(=O)c2ccc(Cl)cn2)C[C@H]1c1cc(C(F)F)nc2ncnn12. The standard InChI is InChI=1S/C18H17ClF2N6O/c1-10-4-5-26(17(28)13-3-2-11(19)7-22-13)8-12(10)15-6-14(16(20)21)25-18-23-9-24-27(15)18/h2-3,6-7,9-10,12,16H,4-5,8H2,1H3/t10-,12-/m1/s1. The maximum absolute atomic E-state index is 13.3. The van der Waals surface area contributed by atoms with Gasteiger partial charge in [-0.25, -0.2) is 23.3 Å². The average molecular weight is 407 g/mol. The predicted molar refractivity (Wildman–Crippen MR) is 97.4 cm³/mol. The Labute approximate surface area is 164 Å². The van der Waals surface area contributed by atoms with Crippen LogP contribution in [0.5, 0.6) is 0 Å². The van der Waals surface area contributed by atoms with E-state index in [9.17, 15) is 13.6 Å². The van der Waals surface area contributed by atoms with E-state index in [1.807, 2.05) is 6.92 Å². The molecule has 4 heterocycles. The highest BCUT2D eigenvalue weighted by Gasteiger charge is 2.33. The number of carbonyl (C=O) groups is 1. The number of hydrogen-bond acceptors (Lipinski definition) is 5. The molecule has 0 saturated carbocycles. The van der Waals surface area contributed by atoms with Gasteiger partial charge in [-0.1, -0.05) is 18.5 Å². The molecule has 3 aromatic rings. The van der Waals surface area contributed by atoms with Crippen LogP contribution in [0.15, 0.2) is 30.7 Å². The molecule has 0 aromatic carbocycles. The number of pyridine rings is 1. The summed E-state index contributed by atoms with van der Waals surface area (Å²) in [6.45, 7) is 2.97. The molecule has 0 aliphatic carbocycles. The number of halogens is 3. The Kier molecular flexibility index (Phi) is 4.92. The molecular weight excluding hydrogens is 390 g/mol. The van der Waals surface area contributed by atoms with Gasteiger partial charge in [-0.05, 0) is 30.5 Å². The summed E-state index contributed by atoms with van der Waals surface area (Å²) in [5, 5.41) is 4.58. The number of alkyl halides is 2. The van der Waals surface area contributed by atoms with Crippen LogP contribution in [0, 0.1) is 5.92 Å². The van der Waals surface area contributed by atoms with Gasteiger partial charge in [-0.15, -0.1) is 0 Å². The highest BCUT2D eigenvalue weighted by atomic mass is 35.5. The number of amides is 1. The summed E-state index contributed by atoms with van der Waals surface area (Å²) in [7, 11) is 0. The van der Waals surface area contributed by atoms with Crippen molar-refractivity contribution in [1.29, 1.82) is 0 Å². The average Bonchev–Trinajstić information content (AvgIpc) is 3.16. The molecule has 7 nitrogen and oxygen atoms in total. The van der Waals surface area contributed by atoms with Crippen molar-refractivity contribution in [3.63, 3.8) is 0 Å². The number of carbonyl (C=O) groups excluding carboxylic acids is 1. The Morgan fingerprint density at radius 1 is 1.32 bits per heavy atom. The third kappa shape index (κ3) is 3.42. The number of piperidine rings is 1. The van der Waals surface area contributed by atoms with Crippen molar-refractivity contribution in [2.24, 2.45) is 5.92 Å². The summed E-state index contributed by atoms with van der Waals surface area (Å²) >= 11 is 5.84. The lowest BCUT2D eigenvalue weighted by atomic mass is 9.84. The van der Waals surface area contributed by atoms with E-state index < -0.39 is 6.43 Å². The zero-order chi connectivity index (χ0) is 19.8. The fraction of sp³-hybridized carbons (Fsp3) is 0.389. The molecule has 4 rings (SSSR count). The molecule has 1 aliphatic rings. The van der Waals surface area contributed by atoms with Crippen LogP contribution in [0.1, 0.15) is 47.6 Å². The van der Waals surface area contributed by atoms with Crippen molar-refractivity contribution < 1.29 is 13.6 Å². The Balaban J connectivity index is 1.67. The van der Waals surface area contributed by atoms with Gasteiger partial charge in [0.05, 0.1) is 10.7 Å². The normalized spacial score (nSPS) is 20.1. The Morgan fingerprint density at radius 2 is 2.14 bits per heavy atom. The minimum atomic E-state index is -2.71. The third-order valence-electron chi connectivity index (χ3n) is 5.09. The van der Waals surface area contributed by atoms with Gasteiger partial charge in [-0.3, -0.25) is 4.79 Å². The highest BCUT2D eigenvalue weighted by Crippen LogP contribution is 2.34. The van der Waals surface area contributed by atoms with E-state index >= 15 is 0 Å². The second-order valence-electron chi connectivity index (χ2n) is 6.86. The van der Waals surface area contributed by atoms with Crippen molar-refractivity contribution in [2.75, 3.05) is 13.1 Å². The third-order valence-corrected chi connectivity index (χ3v) is 5.32. The van der Waals surface area contributed by atoms with Crippen LogP contribution in [0.2, 0.25) is 5.02 Å². The van der Waals surface area contributed by atoms with Crippen molar-refractivity contribution in [3.8, 4) is 0 Å². The van der Waals surface area contributed by atoms with Crippen LogP contribution in [-0.4, -0.2) is 48.5 Å². The molecule has 3 aromatic heterocycles. The molecule has 0 spiro atoms. The summed E-state index contributed by atoms with van der Waals surface area (Å²) < 4.78 is 28.1. The van der Waals surface area contributed by atoms with Gasteiger partial charge in [0.2, 0.25) is 0 Å². The van der Waals surface area contributed by atoms with Gasteiger partial charge in [0.15, 0.2) is 0 Å². The summed E-state index contributed by atoms with van der Waals surface area (Å²) in [5.41, 5.74) is 0.531. The van der Waals surface area contributed by atoms with Crippen LogP contribution in [0.3, 0.4) is 0 Å². The molecule has 146 valence electrons. The molecule has 28 heavy (non-hydrogen) atoms. The van der Waals surface area contributed by atoms with E-state index in [2.05, 4.69) is 20.1 Å².